The van der Waals surface area contributed by atoms with Gasteiger partial charge in [-0.3, -0.25) is 14.9 Å². The van der Waals surface area contributed by atoms with Crippen molar-refractivity contribution in [2.75, 3.05) is 36.4 Å². The number of carbonyl (C=O) groups is 2. The van der Waals surface area contributed by atoms with Gasteiger partial charge in [0.2, 0.25) is 5.95 Å². The number of benzene rings is 4. The van der Waals surface area contributed by atoms with Crippen molar-refractivity contribution in [3.63, 3.8) is 0 Å². The lowest BCUT2D eigenvalue weighted by molar-refractivity contribution is -0.384. The summed E-state index contributed by atoms with van der Waals surface area (Å²) >= 11 is 0. The molecule has 7 rings (SSSR count). The van der Waals surface area contributed by atoms with Crippen LogP contribution in [0.2, 0.25) is 0 Å². The first-order valence-corrected chi connectivity index (χ1v) is 16.2. The Balaban J connectivity index is 1.02. The van der Waals surface area contributed by atoms with Crippen LogP contribution in [0.3, 0.4) is 0 Å². The van der Waals surface area contributed by atoms with E-state index in [1.807, 2.05) is 66.4 Å². The second-order valence-corrected chi connectivity index (χ2v) is 12.0. The fourth-order valence-corrected chi connectivity index (χ4v) is 6.06. The smallest absolute Gasteiger partial charge is 0.319 e. The number of hydrogen-bond donors (Lipinski definition) is 2. The second-order valence-electron chi connectivity index (χ2n) is 12.0. The zero-order chi connectivity index (χ0) is 34.6. The van der Waals surface area contributed by atoms with Gasteiger partial charge in [0.15, 0.2) is 0 Å². The summed E-state index contributed by atoms with van der Waals surface area (Å²) in [6.45, 7) is 4.98. The van der Waals surface area contributed by atoms with Gasteiger partial charge in [0, 0.05) is 44.0 Å². The van der Waals surface area contributed by atoms with Crippen molar-refractivity contribution in [1.29, 1.82) is 0 Å². The number of aryl methyl sites for hydroxylation is 1. The number of para-hydroxylation sites is 2. The van der Waals surface area contributed by atoms with Crippen LogP contribution in [0.4, 0.5) is 22.1 Å². The molecule has 1 fully saturated rings. The van der Waals surface area contributed by atoms with Crippen molar-refractivity contribution in [3.8, 4) is 5.69 Å². The van der Waals surface area contributed by atoms with Gasteiger partial charge in [-0.1, -0.05) is 59.8 Å². The van der Waals surface area contributed by atoms with E-state index in [1.54, 1.807) is 12.3 Å². The quantitative estimate of drug-likeness (QED) is 0.158. The van der Waals surface area contributed by atoms with E-state index in [9.17, 15) is 19.7 Å². The molecule has 0 aliphatic carbocycles. The number of piperazine rings is 1. The molecular formula is C36H34N10O4. The first-order chi connectivity index (χ1) is 24.3. The number of hydrogen-bond acceptors (Lipinski definition) is 8. The Kier molecular flexibility index (Phi) is 8.88. The number of urea groups is 1. The number of nitro benzene ring substituents is 1. The van der Waals surface area contributed by atoms with Gasteiger partial charge >= 0.3 is 6.03 Å². The number of carbonyl (C=O) groups excluding carboxylic acids is 2. The molecule has 0 saturated carbocycles. The van der Waals surface area contributed by atoms with Crippen LogP contribution in [0, 0.1) is 17.0 Å². The second kappa shape index (κ2) is 13.9. The highest BCUT2D eigenvalue weighted by molar-refractivity contribution is 5.98. The largest absolute Gasteiger partial charge is 0.339 e. The number of imidazole rings is 1. The minimum atomic E-state index is -0.554. The summed E-state index contributed by atoms with van der Waals surface area (Å²) in [4.78, 5) is 46.0. The van der Waals surface area contributed by atoms with Gasteiger partial charge in [0.25, 0.3) is 11.6 Å². The molecule has 1 aliphatic heterocycles. The summed E-state index contributed by atoms with van der Waals surface area (Å²) in [5.74, 6) is 0.782. The van der Waals surface area contributed by atoms with E-state index in [4.69, 9.17) is 4.98 Å². The van der Waals surface area contributed by atoms with E-state index in [0.717, 1.165) is 22.5 Å². The maximum absolute atomic E-state index is 14.0. The predicted octanol–water partition coefficient (Wildman–Crippen LogP) is 5.17. The molecule has 2 aromatic heterocycles. The number of nitrogens with zero attached hydrogens (tertiary/aromatic N) is 8. The average molecular weight is 671 g/mol. The van der Waals surface area contributed by atoms with E-state index in [1.165, 1.54) is 28.4 Å². The van der Waals surface area contributed by atoms with Gasteiger partial charge in [-0.2, -0.15) is 0 Å². The van der Waals surface area contributed by atoms with Gasteiger partial charge in [0.05, 0.1) is 46.5 Å². The third kappa shape index (κ3) is 6.85. The number of rotatable bonds is 9. The Hall–Kier alpha value is -6.57. The summed E-state index contributed by atoms with van der Waals surface area (Å²) in [5.41, 5.74) is 5.84. The normalized spacial score (nSPS) is 13.0. The number of fused-ring (bicyclic) bond motifs is 1. The molecular weight excluding hydrogens is 636 g/mol. The maximum Gasteiger partial charge on any atom is 0.319 e. The van der Waals surface area contributed by atoms with Gasteiger partial charge in [0.1, 0.15) is 5.69 Å². The lowest BCUT2D eigenvalue weighted by atomic mass is 10.1. The Bertz CT molecular complexity index is 2190. The minimum absolute atomic E-state index is 0.0485. The highest BCUT2D eigenvalue weighted by Crippen LogP contribution is 2.26. The standard InChI is InChI=1S/C36H34N10O4/c1-25-14-15-30(33(20-25)45-24-28(40-41-45)22-37-35(48)38-27-10-7-11-29(21-27)46(49)50)34(47)42-16-18-43(19-17-42)36-39-31-12-5-6-13-32(31)44(36)23-26-8-3-2-4-9-26/h2-15,20-21,24H,16-19,22-23H2,1H3,(H2,37,38,48). The number of nitrogens with one attached hydrogen (secondary N) is 2. The van der Waals surface area contributed by atoms with Gasteiger partial charge < -0.3 is 25.0 Å². The summed E-state index contributed by atoms with van der Waals surface area (Å²) in [5, 5.41) is 24.7. The number of aromatic nitrogens is 5. The first kappa shape index (κ1) is 32.0. The van der Waals surface area contributed by atoms with Crippen LogP contribution in [0.1, 0.15) is 27.2 Å². The monoisotopic (exact) mass is 670 g/mol. The highest BCUT2D eigenvalue weighted by atomic mass is 16.6. The summed E-state index contributed by atoms with van der Waals surface area (Å²) < 4.78 is 3.78. The van der Waals surface area contributed by atoms with Crippen LogP contribution in [-0.4, -0.2) is 72.5 Å². The topological polar surface area (TPSA) is 156 Å². The van der Waals surface area contributed by atoms with Crippen molar-refractivity contribution < 1.29 is 14.5 Å². The molecule has 3 heterocycles. The third-order valence-electron chi connectivity index (χ3n) is 8.58. The Morgan fingerprint density at radius 3 is 2.48 bits per heavy atom. The Morgan fingerprint density at radius 2 is 1.68 bits per heavy atom. The van der Waals surface area contributed by atoms with Crippen molar-refractivity contribution in [1.82, 2.24) is 34.8 Å². The molecule has 0 spiro atoms. The maximum atomic E-state index is 14.0. The third-order valence-corrected chi connectivity index (χ3v) is 8.58. The van der Waals surface area contributed by atoms with Crippen molar-refractivity contribution in [2.24, 2.45) is 0 Å². The Labute approximate surface area is 287 Å². The molecule has 252 valence electrons. The lowest BCUT2D eigenvalue weighted by Crippen LogP contribution is -2.49. The predicted molar refractivity (Wildman–Crippen MR) is 188 cm³/mol. The zero-order valence-electron chi connectivity index (χ0n) is 27.3. The summed E-state index contributed by atoms with van der Waals surface area (Å²) in [7, 11) is 0. The fourth-order valence-electron chi connectivity index (χ4n) is 6.06. The molecule has 14 nitrogen and oxygen atoms in total. The molecule has 0 atom stereocenters. The van der Waals surface area contributed by atoms with Crippen LogP contribution in [-0.2, 0) is 13.1 Å². The van der Waals surface area contributed by atoms with E-state index in [2.05, 4.69) is 48.6 Å². The average Bonchev–Trinajstić information content (AvgIpc) is 3.76. The molecule has 6 aromatic rings. The molecule has 2 N–H and O–H groups in total. The number of anilines is 2. The minimum Gasteiger partial charge on any atom is -0.339 e. The van der Waals surface area contributed by atoms with E-state index in [0.29, 0.717) is 49.7 Å². The molecule has 14 heteroatoms. The van der Waals surface area contributed by atoms with E-state index < -0.39 is 11.0 Å². The van der Waals surface area contributed by atoms with Gasteiger partial charge in [-0.05, 0) is 48.4 Å². The zero-order valence-corrected chi connectivity index (χ0v) is 27.3. The lowest BCUT2D eigenvalue weighted by Gasteiger charge is -2.35. The molecule has 1 aliphatic rings. The van der Waals surface area contributed by atoms with Crippen molar-refractivity contribution in [3.05, 3.63) is 136 Å². The highest BCUT2D eigenvalue weighted by Gasteiger charge is 2.27. The van der Waals surface area contributed by atoms with Crippen LogP contribution in [0.25, 0.3) is 16.7 Å². The molecule has 0 bridgehead atoms. The van der Waals surface area contributed by atoms with E-state index in [-0.39, 0.29) is 23.8 Å². The van der Waals surface area contributed by atoms with Crippen molar-refractivity contribution >= 4 is 40.3 Å². The summed E-state index contributed by atoms with van der Waals surface area (Å²) in [6, 6.07) is 29.2. The molecule has 50 heavy (non-hydrogen) atoms. The molecule has 4 aromatic carbocycles. The summed E-state index contributed by atoms with van der Waals surface area (Å²) in [6.07, 6.45) is 1.66. The van der Waals surface area contributed by atoms with E-state index >= 15 is 0 Å². The van der Waals surface area contributed by atoms with Crippen LogP contribution >= 0.6 is 0 Å². The number of nitro groups is 1. The van der Waals surface area contributed by atoms with Crippen molar-refractivity contribution in [2.45, 2.75) is 20.0 Å². The number of non-ortho nitro benzene ring substituents is 1. The number of amides is 3. The molecule has 0 radical (unpaired) electrons. The molecule has 3 amide bonds. The van der Waals surface area contributed by atoms with Crippen LogP contribution in [0.5, 0.6) is 0 Å². The fraction of sp³-hybridized carbons (Fsp3) is 0.194. The first-order valence-electron chi connectivity index (χ1n) is 16.2. The van der Waals surface area contributed by atoms with Gasteiger partial charge in [-0.25, -0.2) is 14.5 Å². The Morgan fingerprint density at radius 1 is 0.900 bits per heavy atom. The molecule has 0 unspecified atom stereocenters. The van der Waals surface area contributed by atoms with Gasteiger partial charge in [-0.15, -0.1) is 5.10 Å². The van der Waals surface area contributed by atoms with Crippen LogP contribution in [0.15, 0.2) is 103 Å². The van der Waals surface area contributed by atoms with Crippen LogP contribution < -0.4 is 15.5 Å². The SMILES string of the molecule is Cc1ccc(C(=O)N2CCN(c3nc4ccccc4n3Cc3ccccc3)CC2)c(-n2cc(CNC(=O)Nc3cccc([N+](=O)[O-])c3)nn2)c1. The molecule has 1 saturated heterocycles.